The highest BCUT2D eigenvalue weighted by Crippen LogP contribution is 2.26. The fraction of sp³-hybridized carbons (Fsp3) is 0.0667. The number of aliphatic hydroxyl groups excluding tert-OH is 1. The zero-order valence-electron chi connectivity index (χ0n) is 9.99. The van der Waals surface area contributed by atoms with Crippen molar-refractivity contribution in [2.24, 2.45) is 0 Å². The molecule has 94 valence electrons. The van der Waals surface area contributed by atoms with Gasteiger partial charge in [0.25, 0.3) is 0 Å². The highest BCUT2D eigenvalue weighted by molar-refractivity contribution is 5.78. The number of hydrogen-bond donors (Lipinski definition) is 1. The van der Waals surface area contributed by atoms with Crippen LogP contribution in [0.15, 0.2) is 54.9 Å². The number of aromatic nitrogens is 2. The zero-order chi connectivity index (χ0) is 13.2. The molecule has 1 heterocycles. The molecule has 3 nitrogen and oxygen atoms in total. The van der Waals surface area contributed by atoms with Gasteiger partial charge in [-0.1, -0.05) is 24.3 Å². The van der Waals surface area contributed by atoms with Crippen molar-refractivity contribution in [2.45, 2.75) is 6.10 Å². The van der Waals surface area contributed by atoms with E-state index in [0.717, 1.165) is 0 Å². The lowest BCUT2D eigenvalue weighted by Crippen LogP contribution is -2.02. The fourth-order valence-electron chi connectivity index (χ4n) is 2.09. The van der Waals surface area contributed by atoms with E-state index < -0.39 is 6.10 Å². The van der Waals surface area contributed by atoms with Gasteiger partial charge in [-0.2, -0.15) is 0 Å². The predicted octanol–water partition coefficient (Wildman–Crippen LogP) is 2.85. The number of hydrogen-bond acceptors (Lipinski definition) is 3. The van der Waals surface area contributed by atoms with E-state index in [-0.39, 0.29) is 5.82 Å². The van der Waals surface area contributed by atoms with E-state index in [1.807, 2.05) is 6.07 Å². The number of para-hydroxylation sites is 1. The zero-order valence-corrected chi connectivity index (χ0v) is 9.99. The smallest absolute Gasteiger partial charge is 0.123 e. The normalized spacial score (nSPS) is 12.5. The predicted molar refractivity (Wildman–Crippen MR) is 70.0 cm³/mol. The average molecular weight is 254 g/mol. The second-order valence-corrected chi connectivity index (χ2v) is 4.23. The highest BCUT2D eigenvalue weighted by atomic mass is 19.1. The van der Waals surface area contributed by atoms with Crippen LogP contribution in [0.5, 0.6) is 0 Å². The van der Waals surface area contributed by atoms with Gasteiger partial charge in [-0.15, -0.1) is 0 Å². The molecule has 0 spiro atoms. The topological polar surface area (TPSA) is 46.0 Å². The van der Waals surface area contributed by atoms with Gasteiger partial charge < -0.3 is 5.11 Å². The summed E-state index contributed by atoms with van der Waals surface area (Å²) in [6.45, 7) is 0. The minimum Gasteiger partial charge on any atom is -0.384 e. The van der Waals surface area contributed by atoms with Crippen LogP contribution >= 0.6 is 0 Å². The summed E-state index contributed by atoms with van der Waals surface area (Å²) in [4.78, 5) is 8.42. The Morgan fingerprint density at radius 1 is 1.00 bits per heavy atom. The minimum absolute atomic E-state index is 0.372. The first-order chi connectivity index (χ1) is 9.25. The summed E-state index contributed by atoms with van der Waals surface area (Å²) >= 11 is 0. The lowest BCUT2D eigenvalue weighted by molar-refractivity contribution is 0.221. The fourth-order valence-corrected chi connectivity index (χ4v) is 2.09. The molecule has 4 heteroatoms. The van der Waals surface area contributed by atoms with Gasteiger partial charge in [0.15, 0.2) is 0 Å². The third-order valence-corrected chi connectivity index (χ3v) is 2.99. The highest BCUT2D eigenvalue weighted by Gasteiger charge is 2.15. The van der Waals surface area contributed by atoms with Crippen molar-refractivity contribution in [1.29, 1.82) is 0 Å². The lowest BCUT2D eigenvalue weighted by atomic mass is 10.00. The molecule has 2 aromatic carbocycles. The molecule has 1 N–H and O–H groups in total. The lowest BCUT2D eigenvalue weighted by Gasteiger charge is -2.13. The summed E-state index contributed by atoms with van der Waals surface area (Å²) in [7, 11) is 0. The largest absolute Gasteiger partial charge is 0.384 e. The third kappa shape index (κ3) is 2.18. The molecule has 0 saturated carbocycles. The second-order valence-electron chi connectivity index (χ2n) is 4.23. The van der Waals surface area contributed by atoms with Crippen LogP contribution < -0.4 is 0 Å². The van der Waals surface area contributed by atoms with Crippen LogP contribution in [-0.4, -0.2) is 15.1 Å². The van der Waals surface area contributed by atoms with Gasteiger partial charge in [-0.25, -0.2) is 4.39 Å². The number of aliphatic hydroxyl groups is 1. The van der Waals surface area contributed by atoms with Crippen molar-refractivity contribution in [1.82, 2.24) is 9.97 Å². The Hall–Kier alpha value is -2.33. The van der Waals surface area contributed by atoms with Gasteiger partial charge in [0, 0.05) is 18.0 Å². The Bertz CT molecular complexity index is 725. The summed E-state index contributed by atoms with van der Waals surface area (Å²) in [5.74, 6) is -0.372. The molecule has 3 aromatic rings. The monoisotopic (exact) mass is 254 g/mol. The van der Waals surface area contributed by atoms with Crippen molar-refractivity contribution < 1.29 is 9.50 Å². The van der Waals surface area contributed by atoms with Crippen LogP contribution in [0.3, 0.4) is 0 Å². The van der Waals surface area contributed by atoms with E-state index in [9.17, 15) is 9.50 Å². The summed E-state index contributed by atoms with van der Waals surface area (Å²) < 4.78 is 13.2. The summed E-state index contributed by atoms with van der Waals surface area (Å²) in [6, 6.07) is 11.3. The Morgan fingerprint density at radius 3 is 2.63 bits per heavy atom. The van der Waals surface area contributed by atoms with Gasteiger partial charge in [0.05, 0.1) is 11.0 Å². The van der Waals surface area contributed by atoms with Crippen LogP contribution in [0.25, 0.3) is 11.0 Å². The molecule has 0 aliphatic rings. The molecule has 0 saturated heterocycles. The standard InChI is InChI=1S/C15H11FN2O/c16-11-4-1-3-10(9-11)15(19)12-5-2-6-13-14(12)18-8-7-17-13/h1-9,15,19H. The third-order valence-electron chi connectivity index (χ3n) is 2.99. The summed E-state index contributed by atoms with van der Waals surface area (Å²) in [5, 5.41) is 10.4. The molecule has 0 fully saturated rings. The minimum atomic E-state index is -0.920. The van der Waals surface area contributed by atoms with E-state index in [1.165, 1.54) is 12.1 Å². The maximum Gasteiger partial charge on any atom is 0.123 e. The number of fused-ring (bicyclic) bond motifs is 1. The first-order valence-electron chi connectivity index (χ1n) is 5.89. The molecule has 0 aliphatic carbocycles. The van der Waals surface area contributed by atoms with Gasteiger partial charge in [-0.3, -0.25) is 9.97 Å². The SMILES string of the molecule is OC(c1cccc(F)c1)c1cccc2nccnc12. The van der Waals surface area contributed by atoms with Gasteiger partial charge in [0.1, 0.15) is 11.9 Å². The first kappa shape index (κ1) is 11.7. The molecule has 1 atom stereocenters. The molecule has 0 radical (unpaired) electrons. The van der Waals surface area contributed by atoms with Crippen molar-refractivity contribution in [3.8, 4) is 0 Å². The number of nitrogens with zero attached hydrogens (tertiary/aromatic N) is 2. The Morgan fingerprint density at radius 2 is 1.79 bits per heavy atom. The summed E-state index contributed by atoms with van der Waals surface area (Å²) in [5.41, 5.74) is 2.45. The molecule has 0 aliphatic heterocycles. The molecule has 19 heavy (non-hydrogen) atoms. The van der Waals surface area contributed by atoms with Crippen LogP contribution in [0.2, 0.25) is 0 Å². The number of halogens is 1. The molecule has 3 rings (SSSR count). The number of rotatable bonds is 2. The van der Waals surface area contributed by atoms with Crippen LogP contribution in [0, 0.1) is 5.82 Å². The Kier molecular flexibility index (Phi) is 2.93. The molecule has 0 amide bonds. The quantitative estimate of drug-likeness (QED) is 0.764. The molecule has 1 unspecified atom stereocenters. The first-order valence-corrected chi connectivity index (χ1v) is 5.89. The van der Waals surface area contributed by atoms with E-state index in [1.54, 1.807) is 36.7 Å². The molecular formula is C15H11FN2O. The van der Waals surface area contributed by atoms with Crippen molar-refractivity contribution in [3.63, 3.8) is 0 Å². The van der Waals surface area contributed by atoms with E-state index in [2.05, 4.69) is 9.97 Å². The number of benzene rings is 2. The van der Waals surface area contributed by atoms with E-state index in [4.69, 9.17) is 0 Å². The van der Waals surface area contributed by atoms with Crippen LogP contribution in [-0.2, 0) is 0 Å². The van der Waals surface area contributed by atoms with Gasteiger partial charge in [-0.05, 0) is 23.8 Å². The molecule has 0 bridgehead atoms. The van der Waals surface area contributed by atoms with Crippen molar-refractivity contribution in [2.75, 3.05) is 0 Å². The maximum absolute atomic E-state index is 13.2. The van der Waals surface area contributed by atoms with Crippen molar-refractivity contribution >= 4 is 11.0 Å². The van der Waals surface area contributed by atoms with E-state index >= 15 is 0 Å². The van der Waals surface area contributed by atoms with E-state index in [0.29, 0.717) is 22.2 Å². The average Bonchev–Trinajstić information content (AvgIpc) is 2.46. The Labute approximate surface area is 109 Å². The van der Waals surface area contributed by atoms with Crippen LogP contribution in [0.4, 0.5) is 4.39 Å². The maximum atomic E-state index is 13.2. The van der Waals surface area contributed by atoms with Gasteiger partial charge >= 0.3 is 0 Å². The van der Waals surface area contributed by atoms with Gasteiger partial charge in [0.2, 0.25) is 0 Å². The van der Waals surface area contributed by atoms with Crippen LogP contribution in [0.1, 0.15) is 17.2 Å². The molecule has 1 aromatic heterocycles. The molecular weight excluding hydrogens is 243 g/mol. The summed E-state index contributed by atoms with van der Waals surface area (Å²) in [6.07, 6.45) is 2.25. The second kappa shape index (κ2) is 4.74. The Balaban J connectivity index is 2.14. The van der Waals surface area contributed by atoms with Crippen molar-refractivity contribution in [3.05, 3.63) is 71.8 Å².